The van der Waals surface area contributed by atoms with Crippen LogP contribution in [0.4, 0.5) is 5.82 Å². The zero-order valence-electron chi connectivity index (χ0n) is 14.1. The lowest BCUT2D eigenvalue weighted by atomic mass is 9.82. The van der Waals surface area contributed by atoms with Gasteiger partial charge >= 0.3 is 0 Å². The maximum atomic E-state index is 6.13. The Morgan fingerprint density at radius 1 is 1.29 bits per heavy atom. The molecule has 2 aliphatic carbocycles. The van der Waals surface area contributed by atoms with Crippen molar-refractivity contribution in [2.24, 2.45) is 0 Å². The third-order valence-electron chi connectivity index (χ3n) is 4.99. The average Bonchev–Trinajstić information content (AvgIpc) is 3.30. The van der Waals surface area contributed by atoms with Gasteiger partial charge in [-0.05, 0) is 62.7 Å². The molecule has 4 rings (SSSR count). The highest BCUT2D eigenvalue weighted by Crippen LogP contribution is 2.38. The number of hydrogen-bond donors (Lipinski definition) is 0. The Morgan fingerprint density at radius 3 is 2.83 bits per heavy atom. The van der Waals surface area contributed by atoms with E-state index in [0.29, 0.717) is 5.92 Å². The monoisotopic (exact) mass is 344 g/mol. The fourth-order valence-electron chi connectivity index (χ4n) is 3.09. The van der Waals surface area contributed by atoms with E-state index in [4.69, 9.17) is 9.72 Å². The molecule has 24 heavy (non-hydrogen) atoms. The zero-order valence-corrected chi connectivity index (χ0v) is 15.0. The highest BCUT2D eigenvalue weighted by atomic mass is 32.1. The van der Waals surface area contributed by atoms with Gasteiger partial charge in [-0.3, -0.25) is 0 Å². The van der Waals surface area contributed by atoms with Crippen molar-refractivity contribution in [1.29, 1.82) is 0 Å². The molecule has 128 valence electrons. The summed E-state index contributed by atoms with van der Waals surface area (Å²) in [5.74, 6) is 2.57. The van der Waals surface area contributed by atoms with E-state index >= 15 is 0 Å². The Hall–Kier alpha value is -1.53. The van der Waals surface area contributed by atoms with Gasteiger partial charge in [0, 0.05) is 29.7 Å². The maximum absolute atomic E-state index is 6.13. The first-order valence-corrected chi connectivity index (χ1v) is 9.61. The summed E-state index contributed by atoms with van der Waals surface area (Å²) in [6.07, 6.45) is 9.85. The van der Waals surface area contributed by atoms with Crippen LogP contribution in [0.15, 0.2) is 24.5 Å². The van der Waals surface area contributed by atoms with Crippen LogP contribution in [-0.4, -0.2) is 33.1 Å². The summed E-state index contributed by atoms with van der Waals surface area (Å²) in [5.41, 5.74) is 0.0982. The summed E-state index contributed by atoms with van der Waals surface area (Å²) in [6.45, 7) is 4.62. The van der Waals surface area contributed by atoms with E-state index in [9.17, 15) is 0 Å². The van der Waals surface area contributed by atoms with Gasteiger partial charge in [0.1, 0.15) is 11.6 Å². The molecule has 2 heterocycles. The Balaban J connectivity index is 1.45. The van der Waals surface area contributed by atoms with Gasteiger partial charge in [-0.1, -0.05) is 0 Å². The Bertz CT molecular complexity index is 667. The molecule has 2 saturated carbocycles. The van der Waals surface area contributed by atoms with Gasteiger partial charge < -0.3 is 9.64 Å². The van der Waals surface area contributed by atoms with Crippen LogP contribution in [0.2, 0.25) is 0 Å². The normalized spacial score (nSPS) is 19.0. The van der Waals surface area contributed by atoms with E-state index in [1.165, 1.54) is 37.0 Å². The topological polar surface area (TPSA) is 51.1 Å². The number of hydrogen-bond acceptors (Lipinski definition) is 6. The molecule has 0 aromatic carbocycles. The third kappa shape index (κ3) is 3.75. The second kappa shape index (κ2) is 6.76. The molecular weight excluding hydrogens is 320 g/mol. The van der Waals surface area contributed by atoms with Crippen molar-refractivity contribution in [3.8, 4) is 0 Å². The standard InChI is InChI=1S/C18H24N4OS/c1-18(7-2-8-18)23-12-11-22(13-15-5-10-20-24-15)16-6-9-19-17(21-16)14-3-4-14/h5-6,9-10,14H,2-4,7-8,11-13H2,1H3. The van der Waals surface area contributed by atoms with E-state index < -0.39 is 0 Å². The van der Waals surface area contributed by atoms with Crippen molar-refractivity contribution in [1.82, 2.24) is 14.3 Å². The van der Waals surface area contributed by atoms with Crippen LogP contribution in [0.3, 0.4) is 0 Å². The Morgan fingerprint density at radius 2 is 2.17 bits per heavy atom. The molecule has 0 atom stereocenters. The largest absolute Gasteiger partial charge is 0.373 e. The molecule has 2 aromatic rings. The zero-order chi connectivity index (χ0) is 16.4. The minimum Gasteiger partial charge on any atom is -0.373 e. The number of aromatic nitrogens is 3. The van der Waals surface area contributed by atoms with Crippen molar-refractivity contribution < 1.29 is 4.74 Å². The molecule has 0 unspecified atom stereocenters. The smallest absolute Gasteiger partial charge is 0.133 e. The lowest BCUT2D eigenvalue weighted by Gasteiger charge is -2.38. The first-order chi connectivity index (χ1) is 11.7. The minimum atomic E-state index is 0.0982. The Kier molecular flexibility index (Phi) is 4.50. The van der Waals surface area contributed by atoms with Crippen molar-refractivity contribution in [2.75, 3.05) is 18.1 Å². The maximum Gasteiger partial charge on any atom is 0.133 e. The van der Waals surface area contributed by atoms with Gasteiger partial charge in [0.05, 0.1) is 18.8 Å². The second-order valence-electron chi connectivity index (χ2n) is 7.10. The van der Waals surface area contributed by atoms with Gasteiger partial charge in [-0.15, -0.1) is 0 Å². The molecule has 0 amide bonds. The quantitative estimate of drug-likeness (QED) is 0.729. The summed E-state index contributed by atoms with van der Waals surface area (Å²) in [7, 11) is 0. The van der Waals surface area contributed by atoms with Gasteiger partial charge in [0.15, 0.2) is 0 Å². The number of ether oxygens (including phenoxy) is 1. The van der Waals surface area contributed by atoms with E-state index in [1.54, 1.807) is 11.5 Å². The van der Waals surface area contributed by atoms with E-state index in [1.807, 2.05) is 18.5 Å². The summed E-state index contributed by atoms with van der Waals surface area (Å²) < 4.78 is 10.3. The third-order valence-corrected chi connectivity index (χ3v) is 5.71. The molecule has 0 spiro atoms. The minimum absolute atomic E-state index is 0.0982. The SMILES string of the molecule is CC1(OCCN(Cc2ccns2)c2ccnc(C3CC3)n2)CCC1. The van der Waals surface area contributed by atoms with Crippen molar-refractivity contribution >= 4 is 17.4 Å². The summed E-state index contributed by atoms with van der Waals surface area (Å²) in [6, 6.07) is 4.09. The lowest BCUT2D eigenvalue weighted by molar-refractivity contribution is -0.0823. The van der Waals surface area contributed by atoms with E-state index in [0.717, 1.165) is 31.3 Å². The second-order valence-corrected chi connectivity index (χ2v) is 8.02. The fourth-order valence-corrected chi connectivity index (χ4v) is 3.68. The van der Waals surface area contributed by atoms with Crippen LogP contribution in [-0.2, 0) is 11.3 Å². The molecule has 6 heteroatoms. The molecule has 2 fully saturated rings. The van der Waals surface area contributed by atoms with Crippen LogP contribution in [0.25, 0.3) is 0 Å². The molecule has 2 aliphatic rings. The van der Waals surface area contributed by atoms with Gasteiger partial charge in [0.25, 0.3) is 0 Å². The molecule has 0 aliphatic heterocycles. The van der Waals surface area contributed by atoms with Gasteiger partial charge in [-0.2, -0.15) is 0 Å². The number of anilines is 1. The van der Waals surface area contributed by atoms with Gasteiger partial charge in [-0.25, -0.2) is 14.3 Å². The molecule has 0 bridgehead atoms. The van der Waals surface area contributed by atoms with Crippen molar-refractivity contribution in [2.45, 2.75) is 57.1 Å². The summed E-state index contributed by atoms with van der Waals surface area (Å²) in [4.78, 5) is 12.8. The highest BCUT2D eigenvalue weighted by Gasteiger charge is 2.32. The van der Waals surface area contributed by atoms with E-state index in [-0.39, 0.29) is 5.60 Å². The average molecular weight is 344 g/mol. The van der Waals surface area contributed by atoms with Crippen LogP contribution >= 0.6 is 11.5 Å². The van der Waals surface area contributed by atoms with Gasteiger partial charge in [0.2, 0.25) is 0 Å². The molecule has 0 radical (unpaired) electrons. The predicted octanol–water partition coefficient (Wildman–Crippen LogP) is 3.78. The molecule has 2 aromatic heterocycles. The first-order valence-electron chi connectivity index (χ1n) is 8.83. The lowest BCUT2D eigenvalue weighted by Crippen LogP contribution is -2.39. The molecule has 0 N–H and O–H groups in total. The predicted molar refractivity (Wildman–Crippen MR) is 95.4 cm³/mol. The molecular formula is C18H24N4OS. The van der Waals surface area contributed by atoms with Crippen molar-refractivity contribution in [3.05, 3.63) is 35.2 Å². The van der Waals surface area contributed by atoms with Crippen LogP contribution < -0.4 is 4.90 Å². The number of nitrogens with zero attached hydrogens (tertiary/aromatic N) is 4. The Labute approximate surface area is 147 Å². The fraction of sp³-hybridized carbons (Fsp3) is 0.611. The van der Waals surface area contributed by atoms with Crippen molar-refractivity contribution in [3.63, 3.8) is 0 Å². The molecule has 5 nitrogen and oxygen atoms in total. The number of rotatable bonds is 8. The van der Waals surface area contributed by atoms with Crippen LogP contribution in [0.1, 0.15) is 55.6 Å². The van der Waals surface area contributed by atoms with Crippen LogP contribution in [0, 0.1) is 0 Å². The highest BCUT2D eigenvalue weighted by molar-refractivity contribution is 7.05. The first kappa shape index (κ1) is 16.0. The van der Waals surface area contributed by atoms with E-state index in [2.05, 4.69) is 27.2 Å². The summed E-state index contributed by atoms with van der Waals surface area (Å²) >= 11 is 1.55. The summed E-state index contributed by atoms with van der Waals surface area (Å²) in [5, 5.41) is 0. The van der Waals surface area contributed by atoms with Crippen LogP contribution in [0.5, 0.6) is 0 Å². The molecule has 0 saturated heterocycles.